The van der Waals surface area contributed by atoms with Crippen LogP contribution in [0.4, 0.5) is 0 Å². The lowest BCUT2D eigenvalue weighted by molar-refractivity contribution is -0.151. The van der Waals surface area contributed by atoms with Crippen molar-refractivity contribution in [3.63, 3.8) is 0 Å². The SMILES string of the molecule is C#CCN(C(=O)CCl)[C@@H](Cc1c[nH]c2ccccc12)C(=O)OC. The van der Waals surface area contributed by atoms with E-state index >= 15 is 0 Å². The summed E-state index contributed by atoms with van der Waals surface area (Å²) in [4.78, 5) is 28.6. The first-order valence-electron chi connectivity index (χ1n) is 7.04. The van der Waals surface area contributed by atoms with E-state index in [-0.39, 0.29) is 12.4 Å². The summed E-state index contributed by atoms with van der Waals surface area (Å²) in [5.41, 5.74) is 1.86. The van der Waals surface area contributed by atoms with Crippen molar-refractivity contribution in [2.75, 3.05) is 19.5 Å². The first-order chi connectivity index (χ1) is 11.1. The highest BCUT2D eigenvalue weighted by molar-refractivity contribution is 6.27. The maximum absolute atomic E-state index is 12.2. The van der Waals surface area contributed by atoms with Crippen molar-refractivity contribution in [2.45, 2.75) is 12.5 Å². The van der Waals surface area contributed by atoms with Gasteiger partial charge in [-0.1, -0.05) is 24.1 Å². The molecule has 0 saturated heterocycles. The van der Waals surface area contributed by atoms with E-state index in [1.807, 2.05) is 30.5 Å². The van der Waals surface area contributed by atoms with Crippen molar-refractivity contribution in [3.8, 4) is 12.3 Å². The van der Waals surface area contributed by atoms with Crippen molar-refractivity contribution in [2.24, 2.45) is 0 Å². The summed E-state index contributed by atoms with van der Waals surface area (Å²) in [5, 5.41) is 0.986. The number of methoxy groups -OCH3 is 1. The first kappa shape index (κ1) is 16.9. The van der Waals surface area contributed by atoms with Crippen molar-refractivity contribution < 1.29 is 14.3 Å². The van der Waals surface area contributed by atoms with E-state index in [2.05, 4.69) is 10.9 Å². The monoisotopic (exact) mass is 332 g/mol. The largest absolute Gasteiger partial charge is 0.467 e. The van der Waals surface area contributed by atoms with Gasteiger partial charge in [0.15, 0.2) is 0 Å². The summed E-state index contributed by atoms with van der Waals surface area (Å²) >= 11 is 5.63. The second-order valence-electron chi connectivity index (χ2n) is 4.96. The summed E-state index contributed by atoms with van der Waals surface area (Å²) in [7, 11) is 1.28. The molecule has 0 unspecified atom stereocenters. The molecular weight excluding hydrogens is 316 g/mol. The van der Waals surface area contributed by atoms with Gasteiger partial charge in [0.25, 0.3) is 0 Å². The van der Waals surface area contributed by atoms with Gasteiger partial charge in [-0.05, 0) is 11.6 Å². The molecule has 0 fully saturated rings. The van der Waals surface area contributed by atoms with Gasteiger partial charge in [-0.2, -0.15) is 0 Å². The van der Waals surface area contributed by atoms with Gasteiger partial charge >= 0.3 is 5.97 Å². The summed E-state index contributed by atoms with van der Waals surface area (Å²) in [6.07, 6.45) is 7.43. The zero-order chi connectivity index (χ0) is 16.8. The van der Waals surface area contributed by atoms with Crippen LogP contribution < -0.4 is 0 Å². The highest BCUT2D eigenvalue weighted by Gasteiger charge is 2.30. The average molecular weight is 333 g/mol. The topological polar surface area (TPSA) is 62.4 Å². The Bertz CT molecular complexity index is 748. The van der Waals surface area contributed by atoms with Gasteiger partial charge in [0.2, 0.25) is 5.91 Å². The predicted octanol–water partition coefficient (Wildman–Crippen LogP) is 1.95. The fourth-order valence-corrected chi connectivity index (χ4v) is 2.67. The number of carbonyl (C=O) groups is 2. The van der Waals surface area contributed by atoms with Crippen LogP contribution in [0.2, 0.25) is 0 Å². The lowest BCUT2D eigenvalue weighted by Crippen LogP contribution is -2.47. The van der Waals surface area contributed by atoms with Crippen molar-refractivity contribution in [1.29, 1.82) is 0 Å². The molecule has 2 aromatic rings. The smallest absolute Gasteiger partial charge is 0.328 e. The number of fused-ring (bicyclic) bond motifs is 1. The lowest BCUT2D eigenvalue weighted by Gasteiger charge is -2.27. The normalized spacial score (nSPS) is 11.7. The molecule has 0 spiro atoms. The number of alkyl halides is 1. The van der Waals surface area contributed by atoms with E-state index in [0.29, 0.717) is 6.42 Å². The Balaban J connectivity index is 2.37. The molecule has 1 atom stereocenters. The fourth-order valence-electron chi connectivity index (χ4n) is 2.51. The summed E-state index contributed by atoms with van der Waals surface area (Å²) in [6, 6.07) is 6.90. The van der Waals surface area contributed by atoms with Crippen LogP contribution in [0.1, 0.15) is 5.56 Å². The van der Waals surface area contributed by atoms with Gasteiger partial charge < -0.3 is 14.6 Å². The minimum absolute atomic E-state index is 0.00627. The Labute approximate surface area is 139 Å². The average Bonchev–Trinajstić information content (AvgIpc) is 2.99. The number of esters is 1. The number of aromatic amines is 1. The number of benzene rings is 1. The Morgan fingerprint density at radius 1 is 1.43 bits per heavy atom. The fraction of sp³-hybridized carbons (Fsp3) is 0.294. The molecule has 0 aliphatic rings. The second-order valence-corrected chi connectivity index (χ2v) is 5.23. The quantitative estimate of drug-likeness (QED) is 0.499. The van der Waals surface area contributed by atoms with Crippen LogP contribution in [0.25, 0.3) is 10.9 Å². The number of halogens is 1. The number of para-hydroxylation sites is 1. The third-order valence-electron chi connectivity index (χ3n) is 3.63. The highest BCUT2D eigenvalue weighted by Crippen LogP contribution is 2.21. The first-order valence-corrected chi connectivity index (χ1v) is 7.57. The number of nitrogens with one attached hydrogen (secondary N) is 1. The maximum atomic E-state index is 12.2. The summed E-state index contributed by atoms with van der Waals surface area (Å²) < 4.78 is 4.84. The number of terminal acetylenes is 1. The molecule has 0 radical (unpaired) electrons. The van der Waals surface area contributed by atoms with Crippen LogP contribution in [-0.4, -0.2) is 47.3 Å². The van der Waals surface area contributed by atoms with Crippen molar-refractivity contribution >= 4 is 34.4 Å². The van der Waals surface area contributed by atoms with Crippen molar-refractivity contribution in [1.82, 2.24) is 9.88 Å². The molecule has 0 aliphatic carbocycles. The van der Waals surface area contributed by atoms with Crippen LogP contribution >= 0.6 is 11.6 Å². The van der Waals surface area contributed by atoms with Crippen LogP contribution in [0.3, 0.4) is 0 Å². The van der Waals surface area contributed by atoms with Crippen LogP contribution in [0.15, 0.2) is 30.5 Å². The Hall–Kier alpha value is -2.45. The zero-order valence-electron chi connectivity index (χ0n) is 12.7. The zero-order valence-corrected chi connectivity index (χ0v) is 13.5. The highest BCUT2D eigenvalue weighted by atomic mass is 35.5. The molecule has 0 saturated carbocycles. The third kappa shape index (κ3) is 3.66. The molecule has 1 N–H and O–H groups in total. The van der Waals surface area contributed by atoms with Crippen LogP contribution in [0, 0.1) is 12.3 Å². The second kappa shape index (κ2) is 7.70. The molecule has 23 heavy (non-hydrogen) atoms. The molecule has 2 rings (SSSR count). The number of nitrogens with zero attached hydrogens (tertiary/aromatic N) is 1. The molecule has 0 aliphatic heterocycles. The number of carbonyl (C=O) groups excluding carboxylic acids is 2. The minimum atomic E-state index is -0.818. The van der Waals surface area contributed by atoms with Gasteiger partial charge in [0.1, 0.15) is 11.9 Å². The number of aromatic nitrogens is 1. The number of rotatable bonds is 6. The molecule has 5 nitrogen and oxygen atoms in total. The molecule has 0 bridgehead atoms. The molecule has 1 aromatic heterocycles. The van der Waals surface area contributed by atoms with Crippen LogP contribution in [-0.2, 0) is 20.7 Å². The number of H-pyrrole nitrogens is 1. The molecule has 1 heterocycles. The van der Waals surface area contributed by atoms with Gasteiger partial charge in [0, 0.05) is 23.5 Å². The van der Waals surface area contributed by atoms with Gasteiger partial charge in [0.05, 0.1) is 13.7 Å². The van der Waals surface area contributed by atoms with Crippen LogP contribution in [0.5, 0.6) is 0 Å². The van der Waals surface area contributed by atoms with E-state index in [9.17, 15) is 9.59 Å². The standard InChI is InChI=1S/C17H17ClN2O3/c1-3-8-20(16(21)10-18)15(17(22)23-2)9-12-11-19-14-7-5-4-6-13(12)14/h1,4-7,11,15,19H,8-10H2,2H3/t15-/m0/s1. The van der Waals surface area contributed by atoms with Gasteiger partial charge in [-0.25, -0.2) is 4.79 Å². The van der Waals surface area contributed by atoms with E-state index < -0.39 is 17.9 Å². The molecule has 1 aromatic carbocycles. The van der Waals surface area contributed by atoms with Gasteiger partial charge in [-0.3, -0.25) is 4.79 Å². The molecule has 1 amide bonds. The molecule has 120 valence electrons. The number of amides is 1. The number of hydrogen-bond acceptors (Lipinski definition) is 3. The lowest BCUT2D eigenvalue weighted by atomic mass is 10.0. The number of ether oxygens (including phenoxy) is 1. The predicted molar refractivity (Wildman–Crippen MR) is 89.1 cm³/mol. The minimum Gasteiger partial charge on any atom is -0.467 e. The van der Waals surface area contributed by atoms with E-state index in [0.717, 1.165) is 16.5 Å². The summed E-state index contributed by atoms with van der Waals surface area (Å²) in [5.74, 6) is 1.22. The third-order valence-corrected chi connectivity index (χ3v) is 3.86. The maximum Gasteiger partial charge on any atom is 0.328 e. The molecular formula is C17H17ClN2O3. The summed E-state index contributed by atoms with van der Waals surface area (Å²) in [6.45, 7) is -0.00627. The van der Waals surface area contributed by atoms with Gasteiger partial charge in [-0.15, -0.1) is 18.0 Å². The number of hydrogen-bond donors (Lipinski definition) is 1. The Morgan fingerprint density at radius 3 is 2.83 bits per heavy atom. The van der Waals surface area contributed by atoms with E-state index in [4.69, 9.17) is 22.8 Å². The Morgan fingerprint density at radius 2 is 2.17 bits per heavy atom. The van der Waals surface area contributed by atoms with E-state index in [1.165, 1.54) is 12.0 Å². The Kier molecular flexibility index (Phi) is 5.67. The molecule has 6 heteroatoms. The van der Waals surface area contributed by atoms with Crippen molar-refractivity contribution in [3.05, 3.63) is 36.0 Å². The van der Waals surface area contributed by atoms with E-state index in [1.54, 1.807) is 0 Å².